The second-order valence-electron chi connectivity index (χ2n) is 2.40. The number of nitrogens with zero attached hydrogens (tertiary/aromatic N) is 1. The van der Waals surface area contributed by atoms with E-state index >= 15 is 0 Å². The number of carbonyl (C=O) groups excluding carboxylic acids is 1. The summed E-state index contributed by atoms with van der Waals surface area (Å²) in [6.45, 7) is 4.76. The lowest BCUT2D eigenvalue weighted by molar-refractivity contribution is -0.120. The van der Waals surface area contributed by atoms with Crippen LogP contribution in [-0.2, 0) is 4.79 Å². The zero-order chi connectivity index (χ0) is 6.69. The topological polar surface area (TPSA) is 32.3 Å². The molecule has 9 heavy (non-hydrogen) atoms. The molecule has 1 fully saturated rings. The van der Waals surface area contributed by atoms with Crippen molar-refractivity contribution in [2.75, 3.05) is 19.6 Å². The predicted molar refractivity (Wildman–Crippen MR) is 35.1 cm³/mol. The molecule has 1 saturated heterocycles. The van der Waals surface area contributed by atoms with E-state index in [1.165, 1.54) is 0 Å². The molecule has 1 aliphatic heterocycles. The van der Waals surface area contributed by atoms with Crippen molar-refractivity contribution in [1.82, 2.24) is 10.2 Å². The summed E-state index contributed by atoms with van der Waals surface area (Å²) in [7, 11) is 0. The molecular formula is C6H12N2O. The number of rotatable bonds is 1. The fourth-order valence-corrected chi connectivity index (χ4v) is 1.01. The Morgan fingerprint density at radius 3 is 3.00 bits per heavy atom. The van der Waals surface area contributed by atoms with Crippen LogP contribution in [0.3, 0.4) is 0 Å². The van der Waals surface area contributed by atoms with E-state index in [0.29, 0.717) is 6.04 Å². The number of hydrogen-bond acceptors (Lipinski definition) is 2. The first-order chi connectivity index (χ1) is 4.34. The maximum absolute atomic E-state index is 10.3. The largest absolute Gasteiger partial charge is 0.340 e. The van der Waals surface area contributed by atoms with Crippen LogP contribution >= 0.6 is 0 Å². The van der Waals surface area contributed by atoms with Gasteiger partial charge in [0.25, 0.3) is 0 Å². The van der Waals surface area contributed by atoms with Crippen LogP contribution in [0, 0.1) is 0 Å². The van der Waals surface area contributed by atoms with E-state index in [1.54, 1.807) is 0 Å². The first-order valence-corrected chi connectivity index (χ1v) is 3.26. The van der Waals surface area contributed by atoms with Gasteiger partial charge in [0.1, 0.15) is 0 Å². The van der Waals surface area contributed by atoms with Gasteiger partial charge in [-0.1, -0.05) is 0 Å². The van der Waals surface area contributed by atoms with Gasteiger partial charge in [-0.25, -0.2) is 0 Å². The van der Waals surface area contributed by atoms with Crippen LogP contribution in [0.4, 0.5) is 0 Å². The quantitative estimate of drug-likeness (QED) is 0.480. The van der Waals surface area contributed by atoms with E-state index in [1.807, 2.05) is 11.8 Å². The first kappa shape index (κ1) is 6.55. The fourth-order valence-electron chi connectivity index (χ4n) is 1.01. The summed E-state index contributed by atoms with van der Waals surface area (Å²) in [5.41, 5.74) is 0. The van der Waals surface area contributed by atoms with Gasteiger partial charge in [-0.15, -0.1) is 0 Å². The minimum atomic E-state index is 0.372. The maximum atomic E-state index is 10.3. The van der Waals surface area contributed by atoms with Gasteiger partial charge in [0.15, 0.2) is 0 Å². The number of carbonyl (C=O) groups is 1. The summed E-state index contributed by atoms with van der Waals surface area (Å²) in [6.07, 6.45) is 0.922. The van der Waals surface area contributed by atoms with Crippen LogP contribution in [0.5, 0.6) is 0 Å². The molecule has 0 aromatic carbocycles. The Labute approximate surface area is 55.0 Å². The Morgan fingerprint density at radius 1 is 1.78 bits per heavy atom. The molecular weight excluding hydrogens is 116 g/mol. The summed E-state index contributed by atoms with van der Waals surface area (Å²) in [5, 5.41) is 3.20. The summed E-state index contributed by atoms with van der Waals surface area (Å²) in [6, 6.07) is 0.372. The summed E-state index contributed by atoms with van der Waals surface area (Å²) in [5.74, 6) is 0. The highest BCUT2D eigenvalue weighted by Gasteiger charge is 2.14. The van der Waals surface area contributed by atoms with Gasteiger partial charge >= 0.3 is 0 Å². The molecule has 0 saturated carbocycles. The Kier molecular flexibility index (Phi) is 2.05. The SMILES string of the molecule is CC1CNCCN1C=O. The molecule has 1 heterocycles. The molecule has 0 radical (unpaired) electrons. The molecule has 52 valence electrons. The molecule has 1 rings (SSSR count). The van der Waals surface area contributed by atoms with Gasteiger partial charge < -0.3 is 10.2 Å². The molecule has 1 atom stereocenters. The number of hydrogen-bond donors (Lipinski definition) is 1. The number of amides is 1. The highest BCUT2D eigenvalue weighted by atomic mass is 16.1. The van der Waals surface area contributed by atoms with Crippen molar-refractivity contribution in [3.05, 3.63) is 0 Å². The zero-order valence-corrected chi connectivity index (χ0v) is 5.63. The van der Waals surface area contributed by atoms with E-state index in [0.717, 1.165) is 26.0 Å². The lowest BCUT2D eigenvalue weighted by Gasteiger charge is -2.30. The van der Waals surface area contributed by atoms with Crippen molar-refractivity contribution in [3.8, 4) is 0 Å². The second kappa shape index (κ2) is 2.82. The average Bonchev–Trinajstić information content (AvgIpc) is 1.89. The molecule has 1 amide bonds. The Morgan fingerprint density at radius 2 is 2.56 bits per heavy atom. The monoisotopic (exact) mass is 128 g/mol. The van der Waals surface area contributed by atoms with Crippen molar-refractivity contribution in [2.24, 2.45) is 0 Å². The average molecular weight is 128 g/mol. The summed E-state index contributed by atoms with van der Waals surface area (Å²) >= 11 is 0. The van der Waals surface area contributed by atoms with Crippen LogP contribution < -0.4 is 5.32 Å². The summed E-state index contributed by atoms with van der Waals surface area (Å²) in [4.78, 5) is 12.1. The molecule has 1 aliphatic rings. The molecule has 1 N–H and O–H groups in total. The fraction of sp³-hybridized carbons (Fsp3) is 0.833. The van der Waals surface area contributed by atoms with Crippen LogP contribution in [0.1, 0.15) is 6.92 Å². The van der Waals surface area contributed by atoms with Gasteiger partial charge in [-0.2, -0.15) is 0 Å². The third kappa shape index (κ3) is 1.42. The van der Waals surface area contributed by atoms with Crippen LogP contribution in [0.25, 0.3) is 0 Å². The van der Waals surface area contributed by atoms with Crippen molar-refractivity contribution in [1.29, 1.82) is 0 Å². The van der Waals surface area contributed by atoms with Crippen molar-refractivity contribution < 1.29 is 4.79 Å². The van der Waals surface area contributed by atoms with Gasteiger partial charge in [-0.3, -0.25) is 4.79 Å². The Balaban J connectivity index is 2.38. The molecule has 0 bridgehead atoms. The maximum Gasteiger partial charge on any atom is 0.210 e. The number of nitrogens with one attached hydrogen (secondary N) is 1. The van der Waals surface area contributed by atoms with Crippen molar-refractivity contribution in [2.45, 2.75) is 13.0 Å². The standard InChI is InChI=1S/C6H12N2O/c1-6-4-7-2-3-8(6)5-9/h5-7H,2-4H2,1H3. The molecule has 0 spiro atoms. The second-order valence-corrected chi connectivity index (χ2v) is 2.40. The third-order valence-corrected chi connectivity index (χ3v) is 1.69. The van der Waals surface area contributed by atoms with Crippen molar-refractivity contribution >= 4 is 6.41 Å². The minimum absolute atomic E-state index is 0.372. The van der Waals surface area contributed by atoms with E-state index in [-0.39, 0.29) is 0 Å². The third-order valence-electron chi connectivity index (χ3n) is 1.69. The molecule has 0 aromatic heterocycles. The van der Waals surface area contributed by atoms with Gasteiger partial charge in [-0.05, 0) is 6.92 Å². The van der Waals surface area contributed by atoms with E-state index < -0.39 is 0 Å². The molecule has 1 unspecified atom stereocenters. The van der Waals surface area contributed by atoms with Crippen LogP contribution in [0.2, 0.25) is 0 Å². The highest BCUT2D eigenvalue weighted by molar-refractivity contribution is 5.47. The van der Waals surface area contributed by atoms with Gasteiger partial charge in [0.2, 0.25) is 6.41 Å². The Bertz CT molecular complexity index is 105. The summed E-state index contributed by atoms with van der Waals surface area (Å²) < 4.78 is 0. The van der Waals surface area contributed by atoms with Gasteiger partial charge in [0, 0.05) is 25.7 Å². The molecule has 3 heteroatoms. The van der Waals surface area contributed by atoms with Gasteiger partial charge in [0.05, 0.1) is 0 Å². The molecule has 0 aromatic rings. The normalized spacial score (nSPS) is 28.1. The lowest BCUT2D eigenvalue weighted by Crippen LogP contribution is -2.48. The van der Waals surface area contributed by atoms with E-state index in [9.17, 15) is 4.79 Å². The smallest absolute Gasteiger partial charge is 0.210 e. The molecule has 3 nitrogen and oxygen atoms in total. The van der Waals surface area contributed by atoms with Crippen LogP contribution in [0.15, 0.2) is 0 Å². The highest BCUT2D eigenvalue weighted by Crippen LogP contribution is 1.96. The predicted octanol–water partition coefficient (Wildman–Crippen LogP) is -0.563. The van der Waals surface area contributed by atoms with E-state index in [4.69, 9.17) is 0 Å². The Hall–Kier alpha value is -0.570. The van der Waals surface area contributed by atoms with E-state index in [2.05, 4.69) is 5.32 Å². The first-order valence-electron chi connectivity index (χ1n) is 3.26. The number of piperazine rings is 1. The van der Waals surface area contributed by atoms with Crippen LogP contribution in [-0.4, -0.2) is 37.0 Å². The lowest BCUT2D eigenvalue weighted by atomic mass is 10.2. The molecule has 0 aliphatic carbocycles. The zero-order valence-electron chi connectivity index (χ0n) is 5.63. The van der Waals surface area contributed by atoms with Crippen molar-refractivity contribution in [3.63, 3.8) is 0 Å². The minimum Gasteiger partial charge on any atom is -0.340 e.